The van der Waals surface area contributed by atoms with E-state index in [4.69, 9.17) is 4.98 Å². The summed E-state index contributed by atoms with van der Waals surface area (Å²) in [6, 6.07) is 17.3. The van der Waals surface area contributed by atoms with Crippen LogP contribution in [0.2, 0.25) is 0 Å². The molecule has 0 fully saturated rings. The van der Waals surface area contributed by atoms with E-state index in [1.54, 1.807) is 12.3 Å². The third kappa shape index (κ3) is 3.72. The average Bonchev–Trinajstić information content (AvgIpc) is 3.18. The third-order valence-electron chi connectivity index (χ3n) is 4.11. The average molecular weight is 384 g/mol. The van der Waals surface area contributed by atoms with Gasteiger partial charge in [-0.15, -0.1) is 0 Å². The molecule has 0 atom stereocenters. The summed E-state index contributed by atoms with van der Waals surface area (Å²) in [5.74, 6) is 0.750. The lowest BCUT2D eigenvalue weighted by atomic mass is 10.1. The molecule has 7 heteroatoms. The van der Waals surface area contributed by atoms with Gasteiger partial charge in [-0.2, -0.15) is 5.26 Å². The molecule has 0 aliphatic carbocycles. The predicted octanol–water partition coefficient (Wildman–Crippen LogP) is 4.84. The Kier molecular flexibility index (Phi) is 5.04. The Morgan fingerprint density at radius 3 is 2.79 bits per heavy atom. The van der Waals surface area contributed by atoms with Crippen LogP contribution >= 0.6 is 11.3 Å². The third-order valence-corrected chi connectivity index (χ3v) is 5.10. The first-order valence-corrected chi connectivity index (χ1v) is 9.59. The van der Waals surface area contributed by atoms with E-state index in [0.29, 0.717) is 10.7 Å². The molecule has 0 saturated carbocycles. The van der Waals surface area contributed by atoms with Crippen molar-refractivity contribution in [1.29, 1.82) is 5.26 Å². The molecule has 0 spiro atoms. The zero-order valence-corrected chi connectivity index (χ0v) is 15.9. The van der Waals surface area contributed by atoms with Crippen LogP contribution < -0.4 is 5.32 Å². The number of nitrogens with zero attached hydrogens (tertiary/aromatic N) is 5. The highest BCUT2D eigenvalue weighted by Crippen LogP contribution is 2.39. The number of thiazole rings is 1. The van der Waals surface area contributed by atoms with Gasteiger partial charge in [0.1, 0.15) is 12.1 Å². The molecule has 3 aromatic heterocycles. The quantitative estimate of drug-likeness (QED) is 0.530. The molecule has 4 rings (SSSR count). The fourth-order valence-corrected chi connectivity index (χ4v) is 3.73. The first-order valence-electron chi connectivity index (χ1n) is 8.77. The van der Waals surface area contributed by atoms with Gasteiger partial charge in [-0.25, -0.2) is 19.9 Å². The number of aromatic nitrogens is 4. The number of hydrogen-bond acceptors (Lipinski definition) is 7. The Labute approximate surface area is 166 Å². The summed E-state index contributed by atoms with van der Waals surface area (Å²) in [5, 5.41) is 13.2. The van der Waals surface area contributed by atoms with Gasteiger partial charge in [-0.1, -0.05) is 36.5 Å². The Hall–Kier alpha value is -3.63. The normalized spacial score (nSPS) is 10.4. The van der Waals surface area contributed by atoms with Crippen LogP contribution in [0.4, 0.5) is 10.9 Å². The van der Waals surface area contributed by atoms with Crippen LogP contribution in [0.5, 0.6) is 0 Å². The van der Waals surface area contributed by atoms with Crippen LogP contribution in [-0.2, 0) is 6.42 Å². The van der Waals surface area contributed by atoms with Crippen molar-refractivity contribution >= 4 is 22.3 Å². The Bertz CT molecular complexity index is 1150. The van der Waals surface area contributed by atoms with Crippen LogP contribution in [0, 0.1) is 11.3 Å². The molecule has 1 N–H and O–H groups in total. The smallest absolute Gasteiger partial charge is 0.189 e. The number of aryl methyl sites for hydroxylation is 1. The topological polar surface area (TPSA) is 87.4 Å². The summed E-state index contributed by atoms with van der Waals surface area (Å²) in [5.41, 5.74) is 4.03. The van der Waals surface area contributed by atoms with Crippen LogP contribution in [-0.4, -0.2) is 19.9 Å². The number of benzene rings is 1. The van der Waals surface area contributed by atoms with Gasteiger partial charge in [0.05, 0.1) is 27.9 Å². The summed E-state index contributed by atoms with van der Waals surface area (Å²) in [7, 11) is 0. The van der Waals surface area contributed by atoms with Gasteiger partial charge in [0.2, 0.25) is 0 Å². The largest absolute Gasteiger partial charge is 0.316 e. The molecule has 3 heterocycles. The molecule has 0 aliphatic rings. The van der Waals surface area contributed by atoms with Crippen molar-refractivity contribution in [2.24, 2.45) is 0 Å². The number of nitrogens with one attached hydrogen (secondary N) is 1. The SMILES string of the molecule is CCc1cccc(Nc2nc(-c3cccc(C#N)c3)c(-c3ccncn3)s2)n1. The number of nitriles is 1. The monoisotopic (exact) mass is 384 g/mol. The predicted molar refractivity (Wildman–Crippen MR) is 110 cm³/mol. The molecule has 0 amide bonds. The Morgan fingerprint density at radius 1 is 1.11 bits per heavy atom. The maximum atomic E-state index is 9.24. The van der Waals surface area contributed by atoms with Gasteiger partial charge in [-0.05, 0) is 36.8 Å². The highest BCUT2D eigenvalue weighted by molar-refractivity contribution is 7.19. The second-order valence-corrected chi connectivity index (χ2v) is 6.98. The molecule has 6 nitrogen and oxygen atoms in total. The standard InChI is InChI=1S/C21H16N6S/c1-2-16-7-4-8-18(25-16)26-21-27-19(15-6-3-5-14(11-15)12-22)20(28-21)17-9-10-23-13-24-17/h3-11,13H,2H2,1H3,(H,25,26,27). The lowest BCUT2D eigenvalue weighted by Gasteiger charge is -2.03. The van der Waals surface area contributed by atoms with E-state index in [1.165, 1.54) is 17.7 Å². The van der Waals surface area contributed by atoms with Crippen molar-refractivity contribution < 1.29 is 0 Å². The first-order chi connectivity index (χ1) is 13.8. The Balaban J connectivity index is 1.79. The van der Waals surface area contributed by atoms with Gasteiger partial charge in [-0.3, -0.25) is 0 Å². The minimum atomic E-state index is 0.589. The molecule has 0 saturated heterocycles. The summed E-state index contributed by atoms with van der Waals surface area (Å²) >= 11 is 1.49. The van der Waals surface area contributed by atoms with Gasteiger partial charge in [0, 0.05) is 17.5 Å². The molecule has 0 aliphatic heterocycles. The molecule has 0 bridgehead atoms. The van der Waals surface area contributed by atoms with E-state index in [0.717, 1.165) is 39.8 Å². The molecule has 0 unspecified atom stereocenters. The lowest BCUT2D eigenvalue weighted by molar-refractivity contribution is 1.04. The number of hydrogen-bond donors (Lipinski definition) is 1. The van der Waals surface area contributed by atoms with Gasteiger partial charge in [0.25, 0.3) is 0 Å². The highest BCUT2D eigenvalue weighted by atomic mass is 32.1. The van der Waals surface area contributed by atoms with Crippen molar-refractivity contribution in [2.45, 2.75) is 13.3 Å². The second-order valence-electron chi connectivity index (χ2n) is 5.98. The first kappa shape index (κ1) is 17.8. The van der Waals surface area contributed by atoms with Crippen molar-refractivity contribution in [3.05, 3.63) is 72.3 Å². The molecular weight excluding hydrogens is 368 g/mol. The second kappa shape index (κ2) is 7.94. The summed E-state index contributed by atoms with van der Waals surface area (Å²) < 4.78 is 0. The van der Waals surface area contributed by atoms with Crippen molar-refractivity contribution in [1.82, 2.24) is 19.9 Å². The minimum Gasteiger partial charge on any atom is -0.316 e. The molecule has 28 heavy (non-hydrogen) atoms. The Morgan fingerprint density at radius 2 is 2.00 bits per heavy atom. The van der Waals surface area contributed by atoms with E-state index in [9.17, 15) is 5.26 Å². The van der Waals surface area contributed by atoms with Crippen molar-refractivity contribution in [3.8, 4) is 27.9 Å². The maximum absolute atomic E-state index is 9.24. The lowest BCUT2D eigenvalue weighted by Crippen LogP contribution is -1.95. The van der Waals surface area contributed by atoms with Gasteiger partial charge in [0.15, 0.2) is 5.13 Å². The number of anilines is 2. The molecule has 136 valence electrons. The van der Waals surface area contributed by atoms with Gasteiger partial charge >= 0.3 is 0 Å². The summed E-state index contributed by atoms with van der Waals surface area (Å²) in [6.07, 6.45) is 4.09. The van der Waals surface area contributed by atoms with Gasteiger partial charge < -0.3 is 5.32 Å². The summed E-state index contributed by atoms with van der Waals surface area (Å²) in [4.78, 5) is 18.6. The van der Waals surface area contributed by atoms with E-state index in [-0.39, 0.29) is 0 Å². The van der Waals surface area contributed by atoms with Crippen LogP contribution in [0.1, 0.15) is 18.2 Å². The zero-order chi connectivity index (χ0) is 19.3. The fourth-order valence-electron chi connectivity index (χ4n) is 2.76. The molecule has 0 radical (unpaired) electrons. The minimum absolute atomic E-state index is 0.589. The van der Waals surface area contributed by atoms with E-state index in [2.05, 4.69) is 33.3 Å². The van der Waals surface area contributed by atoms with E-state index >= 15 is 0 Å². The van der Waals surface area contributed by atoms with Crippen LogP contribution in [0.15, 0.2) is 61.1 Å². The number of pyridine rings is 1. The zero-order valence-electron chi connectivity index (χ0n) is 15.1. The van der Waals surface area contributed by atoms with E-state index in [1.807, 2.05) is 42.5 Å². The highest BCUT2D eigenvalue weighted by Gasteiger charge is 2.17. The number of rotatable bonds is 5. The van der Waals surface area contributed by atoms with Crippen LogP contribution in [0.3, 0.4) is 0 Å². The van der Waals surface area contributed by atoms with Crippen LogP contribution in [0.25, 0.3) is 21.8 Å². The maximum Gasteiger partial charge on any atom is 0.189 e. The summed E-state index contributed by atoms with van der Waals surface area (Å²) in [6.45, 7) is 2.07. The van der Waals surface area contributed by atoms with Crippen molar-refractivity contribution in [2.75, 3.05) is 5.32 Å². The van der Waals surface area contributed by atoms with Crippen molar-refractivity contribution in [3.63, 3.8) is 0 Å². The van der Waals surface area contributed by atoms with E-state index < -0.39 is 0 Å². The molecule has 4 aromatic rings. The fraction of sp³-hybridized carbons (Fsp3) is 0.0952. The molecule has 1 aromatic carbocycles. The molecular formula is C21H16N6S.